The van der Waals surface area contributed by atoms with Gasteiger partial charge in [0.1, 0.15) is 6.04 Å². The van der Waals surface area contributed by atoms with Crippen molar-refractivity contribution in [3.8, 4) is 0 Å². The van der Waals surface area contributed by atoms with Crippen molar-refractivity contribution in [1.82, 2.24) is 15.1 Å². The molecule has 0 aromatic heterocycles. The fourth-order valence-corrected chi connectivity index (χ4v) is 3.46. The molecular formula is C20H30N4O3. The van der Waals surface area contributed by atoms with Crippen LogP contribution in [0.2, 0.25) is 0 Å². The summed E-state index contributed by atoms with van der Waals surface area (Å²) < 4.78 is 0. The fraction of sp³-hybridized carbons (Fsp3) is 0.550. The number of nitrogens with one attached hydrogen (secondary N) is 1. The number of likely N-dealkylation sites (N-methyl/N-ethyl adjacent to an activating group) is 1. The molecule has 2 atom stereocenters. The van der Waals surface area contributed by atoms with Crippen LogP contribution in [0.1, 0.15) is 37.6 Å². The Bertz CT molecular complexity index is 700. The zero-order valence-electron chi connectivity index (χ0n) is 16.9. The smallest absolute Gasteiger partial charge is 0.251 e. The van der Waals surface area contributed by atoms with Crippen LogP contribution in [0.5, 0.6) is 0 Å². The monoisotopic (exact) mass is 374 g/mol. The zero-order valence-corrected chi connectivity index (χ0v) is 16.9. The molecule has 1 aromatic rings. The number of hydrogen-bond donors (Lipinski definition) is 1. The minimum atomic E-state index is -0.513. The van der Waals surface area contributed by atoms with Crippen molar-refractivity contribution < 1.29 is 14.4 Å². The van der Waals surface area contributed by atoms with Gasteiger partial charge in [0.15, 0.2) is 0 Å². The lowest BCUT2D eigenvalue weighted by Gasteiger charge is -2.28. The summed E-state index contributed by atoms with van der Waals surface area (Å²) in [5.74, 6) is -0.392. The Hall–Kier alpha value is -2.57. The van der Waals surface area contributed by atoms with Crippen molar-refractivity contribution in [2.45, 2.75) is 39.3 Å². The van der Waals surface area contributed by atoms with Crippen LogP contribution in [0.4, 0.5) is 5.69 Å². The lowest BCUT2D eigenvalue weighted by molar-refractivity contribution is -0.142. The van der Waals surface area contributed by atoms with Gasteiger partial charge in [-0.1, -0.05) is 6.07 Å². The number of amides is 3. The maximum absolute atomic E-state index is 12.8. The molecule has 0 spiro atoms. The first-order chi connectivity index (χ1) is 12.8. The van der Waals surface area contributed by atoms with Crippen molar-refractivity contribution in [3.63, 3.8) is 0 Å². The number of benzene rings is 1. The quantitative estimate of drug-likeness (QED) is 0.816. The molecule has 148 valence electrons. The van der Waals surface area contributed by atoms with Gasteiger partial charge in [0, 0.05) is 57.9 Å². The first-order valence-electron chi connectivity index (χ1n) is 9.42. The molecule has 1 saturated heterocycles. The molecular weight excluding hydrogens is 344 g/mol. The second kappa shape index (κ2) is 8.88. The molecule has 1 aromatic carbocycles. The highest BCUT2D eigenvalue weighted by atomic mass is 16.2. The first-order valence-corrected chi connectivity index (χ1v) is 9.42. The maximum atomic E-state index is 12.8. The Balaban J connectivity index is 2.11. The lowest BCUT2D eigenvalue weighted by Crippen LogP contribution is -2.47. The number of rotatable bonds is 6. The zero-order chi connectivity index (χ0) is 20.1. The molecule has 7 heteroatoms. The van der Waals surface area contributed by atoms with Crippen LogP contribution >= 0.6 is 0 Å². The average molecular weight is 374 g/mol. The first kappa shape index (κ1) is 20.7. The van der Waals surface area contributed by atoms with Gasteiger partial charge in [0.25, 0.3) is 5.91 Å². The van der Waals surface area contributed by atoms with E-state index in [9.17, 15) is 14.4 Å². The number of likely N-dealkylation sites (tertiary alicyclic amines) is 1. The van der Waals surface area contributed by atoms with Gasteiger partial charge in [0.2, 0.25) is 11.8 Å². The highest BCUT2D eigenvalue weighted by molar-refractivity contribution is 5.95. The molecule has 0 aliphatic carbocycles. The third kappa shape index (κ3) is 4.78. The minimum Gasteiger partial charge on any atom is -0.378 e. The molecule has 0 unspecified atom stereocenters. The Morgan fingerprint density at radius 1 is 1.19 bits per heavy atom. The Morgan fingerprint density at radius 3 is 2.41 bits per heavy atom. The number of hydrogen-bond acceptors (Lipinski definition) is 4. The van der Waals surface area contributed by atoms with Crippen LogP contribution in [0.25, 0.3) is 0 Å². The van der Waals surface area contributed by atoms with Gasteiger partial charge in [-0.3, -0.25) is 14.4 Å². The molecule has 1 aliphatic heterocycles. The molecule has 0 bridgehead atoms. The standard InChI is InChI=1S/C20H30N4O3/c1-6-23(7-2)20(27)18-12-16(13-24(18)14(3)25)21-19(26)15-9-8-10-17(11-15)22(4)5/h8-11,16,18H,6-7,12-13H2,1-5H3,(H,21,26)/t16-,18-/m0/s1. The van der Waals surface area contributed by atoms with Crippen molar-refractivity contribution in [1.29, 1.82) is 0 Å². The third-order valence-electron chi connectivity index (χ3n) is 5.03. The van der Waals surface area contributed by atoms with E-state index in [1.807, 2.05) is 51.0 Å². The summed E-state index contributed by atoms with van der Waals surface area (Å²) in [6.45, 7) is 6.87. The van der Waals surface area contributed by atoms with Gasteiger partial charge < -0.3 is 20.0 Å². The van der Waals surface area contributed by atoms with Crippen molar-refractivity contribution in [2.75, 3.05) is 38.6 Å². The molecule has 0 radical (unpaired) electrons. The molecule has 1 heterocycles. The van der Waals surface area contributed by atoms with E-state index in [0.29, 0.717) is 31.6 Å². The van der Waals surface area contributed by atoms with Crippen LogP contribution in [-0.4, -0.2) is 73.3 Å². The van der Waals surface area contributed by atoms with Gasteiger partial charge in [-0.15, -0.1) is 0 Å². The molecule has 1 fully saturated rings. The number of nitrogens with zero attached hydrogens (tertiary/aromatic N) is 3. The van der Waals surface area contributed by atoms with E-state index < -0.39 is 6.04 Å². The largest absolute Gasteiger partial charge is 0.378 e. The van der Waals surface area contributed by atoms with Crippen molar-refractivity contribution >= 4 is 23.4 Å². The van der Waals surface area contributed by atoms with E-state index in [0.717, 1.165) is 5.69 Å². The third-order valence-corrected chi connectivity index (χ3v) is 5.03. The van der Waals surface area contributed by atoms with Gasteiger partial charge >= 0.3 is 0 Å². The second-order valence-electron chi connectivity index (χ2n) is 7.05. The minimum absolute atomic E-state index is 0.0541. The van der Waals surface area contributed by atoms with Crippen LogP contribution < -0.4 is 10.2 Å². The van der Waals surface area contributed by atoms with E-state index in [-0.39, 0.29) is 23.8 Å². The van der Waals surface area contributed by atoms with E-state index in [4.69, 9.17) is 0 Å². The fourth-order valence-electron chi connectivity index (χ4n) is 3.46. The van der Waals surface area contributed by atoms with E-state index in [1.165, 1.54) is 6.92 Å². The number of carbonyl (C=O) groups is 3. The molecule has 3 amide bonds. The molecule has 7 nitrogen and oxygen atoms in total. The van der Waals surface area contributed by atoms with Crippen LogP contribution in [0.3, 0.4) is 0 Å². The molecule has 27 heavy (non-hydrogen) atoms. The van der Waals surface area contributed by atoms with Gasteiger partial charge in [0.05, 0.1) is 0 Å². The summed E-state index contributed by atoms with van der Waals surface area (Å²) >= 11 is 0. The summed E-state index contributed by atoms with van der Waals surface area (Å²) in [5.41, 5.74) is 1.50. The van der Waals surface area contributed by atoms with E-state index >= 15 is 0 Å². The van der Waals surface area contributed by atoms with Crippen LogP contribution in [0, 0.1) is 0 Å². The Morgan fingerprint density at radius 2 is 1.85 bits per heavy atom. The normalized spacial score (nSPS) is 18.9. The van der Waals surface area contributed by atoms with Crippen LogP contribution in [0.15, 0.2) is 24.3 Å². The van der Waals surface area contributed by atoms with Gasteiger partial charge in [-0.2, -0.15) is 0 Å². The van der Waals surface area contributed by atoms with Crippen LogP contribution in [-0.2, 0) is 9.59 Å². The second-order valence-corrected chi connectivity index (χ2v) is 7.05. The molecule has 1 aliphatic rings. The predicted molar refractivity (Wildman–Crippen MR) is 106 cm³/mol. The van der Waals surface area contributed by atoms with Crippen molar-refractivity contribution in [3.05, 3.63) is 29.8 Å². The topological polar surface area (TPSA) is 73.0 Å². The molecule has 1 N–H and O–H groups in total. The summed E-state index contributed by atoms with van der Waals surface area (Å²) in [5, 5.41) is 2.98. The number of anilines is 1. The highest BCUT2D eigenvalue weighted by Crippen LogP contribution is 2.21. The van der Waals surface area contributed by atoms with E-state index in [1.54, 1.807) is 15.9 Å². The van der Waals surface area contributed by atoms with E-state index in [2.05, 4.69) is 5.32 Å². The average Bonchev–Trinajstić information content (AvgIpc) is 3.06. The van der Waals surface area contributed by atoms with Crippen molar-refractivity contribution in [2.24, 2.45) is 0 Å². The molecule has 0 saturated carbocycles. The SMILES string of the molecule is CCN(CC)C(=O)[C@@H]1C[C@H](NC(=O)c2cccc(N(C)C)c2)CN1C(C)=O. The Labute approximate surface area is 161 Å². The molecule has 2 rings (SSSR count). The Kier molecular flexibility index (Phi) is 6.82. The predicted octanol–water partition coefficient (Wildman–Crippen LogP) is 1.34. The van der Waals surface area contributed by atoms with Gasteiger partial charge in [-0.05, 0) is 38.5 Å². The lowest BCUT2D eigenvalue weighted by atomic mass is 10.1. The number of carbonyl (C=O) groups excluding carboxylic acids is 3. The summed E-state index contributed by atoms with van der Waals surface area (Å²) in [7, 11) is 3.84. The van der Waals surface area contributed by atoms with Gasteiger partial charge in [-0.25, -0.2) is 0 Å². The summed E-state index contributed by atoms with van der Waals surface area (Å²) in [6.07, 6.45) is 0.439. The summed E-state index contributed by atoms with van der Waals surface area (Å²) in [4.78, 5) is 42.7. The maximum Gasteiger partial charge on any atom is 0.251 e. The highest BCUT2D eigenvalue weighted by Gasteiger charge is 2.40. The summed E-state index contributed by atoms with van der Waals surface area (Å²) in [6, 6.07) is 6.61.